The van der Waals surface area contributed by atoms with E-state index in [1.165, 1.54) is 17.7 Å². The molecule has 0 aliphatic heterocycles. The molecule has 0 atom stereocenters. The number of halogens is 2. The highest BCUT2D eigenvalue weighted by atomic mass is 35.5. The van der Waals surface area contributed by atoms with E-state index in [-0.39, 0.29) is 5.91 Å². The number of pyridine rings is 1. The van der Waals surface area contributed by atoms with E-state index in [0.29, 0.717) is 28.7 Å². The summed E-state index contributed by atoms with van der Waals surface area (Å²) in [5.41, 5.74) is 4.77. The summed E-state index contributed by atoms with van der Waals surface area (Å²) in [5.74, 6) is -0.238. The average molecular weight is 415 g/mol. The highest BCUT2D eigenvalue weighted by Crippen LogP contribution is 2.30. The van der Waals surface area contributed by atoms with Crippen LogP contribution in [0.25, 0.3) is 11.4 Å². The van der Waals surface area contributed by atoms with Gasteiger partial charge in [0.15, 0.2) is 0 Å². The maximum atomic E-state index is 12.4. The van der Waals surface area contributed by atoms with Crippen molar-refractivity contribution in [2.45, 2.75) is 32.2 Å². The Bertz CT molecular complexity index is 1000. The Morgan fingerprint density at radius 3 is 2.82 bits per heavy atom. The van der Waals surface area contributed by atoms with Gasteiger partial charge in [-0.3, -0.25) is 14.5 Å². The lowest BCUT2D eigenvalue weighted by Crippen LogP contribution is -2.28. The van der Waals surface area contributed by atoms with E-state index in [1.807, 2.05) is 22.9 Å². The second kappa shape index (κ2) is 8.33. The maximum absolute atomic E-state index is 12.4. The molecule has 0 radical (unpaired) electrons. The minimum atomic E-state index is -0.238. The van der Waals surface area contributed by atoms with E-state index >= 15 is 0 Å². The molecule has 1 N–H and O–H groups in total. The normalized spacial score (nSPS) is 13.2. The molecule has 28 heavy (non-hydrogen) atoms. The quantitative estimate of drug-likeness (QED) is 0.665. The lowest BCUT2D eigenvalue weighted by atomic mass is 9.95. The van der Waals surface area contributed by atoms with Crippen molar-refractivity contribution in [2.24, 2.45) is 0 Å². The van der Waals surface area contributed by atoms with Crippen LogP contribution in [0.5, 0.6) is 0 Å². The molecule has 3 aromatic rings. The number of rotatable bonds is 5. The number of nitrogens with zero attached hydrogens (tertiary/aromatic N) is 3. The molecule has 0 unspecified atom stereocenters. The molecular formula is C21H20Cl2N4O. The van der Waals surface area contributed by atoms with Gasteiger partial charge in [-0.05, 0) is 56.0 Å². The zero-order valence-corrected chi connectivity index (χ0v) is 16.8. The van der Waals surface area contributed by atoms with Crippen molar-refractivity contribution in [1.82, 2.24) is 20.1 Å². The first-order valence-corrected chi connectivity index (χ1v) is 10.1. The summed E-state index contributed by atoms with van der Waals surface area (Å²) in [4.78, 5) is 16.9. The van der Waals surface area contributed by atoms with Crippen LogP contribution in [0, 0.1) is 0 Å². The van der Waals surface area contributed by atoms with E-state index in [4.69, 9.17) is 28.3 Å². The first-order valence-electron chi connectivity index (χ1n) is 9.36. The number of hydrogen-bond acceptors (Lipinski definition) is 3. The molecule has 0 bridgehead atoms. The molecule has 0 spiro atoms. The van der Waals surface area contributed by atoms with Crippen LogP contribution >= 0.6 is 23.2 Å². The number of carbonyl (C=O) groups excluding carboxylic acids is 1. The third-order valence-corrected chi connectivity index (χ3v) is 5.51. The molecule has 7 heteroatoms. The van der Waals surface area contributed by atoms with E-state index < -0.39 is 0 Å². The van der Waals surface area contributed by atoms with Gasteiger partial charge in [-0.1, -0.05) is 29.3 Å². The zero-order chi connectivity index (χ0) is 19.5. The number of aromatic nitrogens is 3. The Hall–Kier alpha value is -2.37. The van der Waals surface area contributed by atoms with Crippen LogP contribution in [0.1, 0.15) is 34.5 Å². The van der Waals surface area contributed by atoms with Crippen LogP contribution in [0.3, 0.4) is 0 Å². The molecule has 0 saturated heterocycles. The molecule has 2 heterocycles. The first-order chi connectivity index (χ1) is 13.6. The molecule has 1 amide bonds. The summed E-state index contributed by atoms with van der Waals surface area (Å²) >= 11 is 12.1. The summed E-state index contributed by atoms with van der Waals surface area (Å²) in [7, 11) is 0. The fourth-order valence-corrected chi connectivity index (χ4v) is 3.98. The van der Waals surface area contributed by atoms with Gasteiger partial charge in [0.05, 0.1) is 22.8 Å². The first kappa shape index (κ1) is 19.0. The van der Waals surface area contributed by atoms with Crippen LogP contribution in [0.4, 0.5) is 0 Å². The summed E-state index contributed by atoms with van der Waals surface area (Å²) in [6.45, 7) is 1.05. The molecule has 144 valence electrons. The van der Waals surface area contributed by atoms with Gasteiger partial charge in [-0.2, -0.15) is 5.10 Å². The van der Waals surface area contributed by atoms with Crippen molar-refractivity contribution < 1.29 is 4.79 Å². The van der Waals surface area contributed by atoms with Crippen molar-refractivity contribution in [2.75, 3.05) is 6.54 Å². The van der Waals surface area contributed by atoms with Crippen molar-refractivity contribution >= 4 is 29.1 Å². The van der Waals surface area contributed by atoms with Crippen LogP contribution in [-0.4, -0.2) is 27.2 Å². The molecule has 1 aliphatic carbocycles. The monoisotopic (exact) mass is 414 g/mol. The molecule has 0 fully saturated rings. The fraction of sp³-hybridized carbons (Fsp3) is 0.286. The smallest absolute Gasteiger partial charge is 0.252 e. The highest BCUT2D eigenvalue weighted by molar-refractivity contribution is 6.35. The molecule has 5 nitrogen and oxygen atoms in total. The van der Waals surface area contributed by atoms with Crippen molar-refractivity contribution in [3.05, 3.63) is 69.5 Å². The average Bonchev–Trinajstić information content (AvgIpc) is 3.09. The lowest BCUT2D eigenvalue weighted by Gasteiger charge is -2.14. The van der Waals surface area contributed by atoms with Crippen LogP contribution in [-0.2, 0) is 19.4 Å². The van der Waals surface area contributed by atoms with Gasteiger partial charge in [-0.25, -0.2) is 0 Å². The Kier molecular flexibility index (Phi) is 5.64. The molecule has 1 aliphatic rings. The lowest BCUT2D eigenvalue weighted by molar-refractivity contribution is 0.0952. The molecule has 0 saturated carbocycles. The number of nitrogens with one attached hydrogen (secondary N) is 1. The largest absolute Gasteiger partial charge is 0.350 e. The van der Waals surface area contributed by atoms with Gasteiger partial charge in [0.2, 0.25) is 0 Å². The predicted molar refractivity (Wildman–Crippen MR) is 111 cm³/mol. The third-order valence-electron chi connectivity index (χ3n) is 4.95. The Morgan fingerprint density at radius 1 is 1.14 bits per heavy atom. The zero-order valence-electron chi connectivity index (χ0n) is 15.3. The van der Waals surface area contributed by atoms with Gasteiger partial charge in [0, 0.05) is 29.0 Å². The molecule has 2 aromatic heterocycles. The van der Waals surface area contributed by atoms with Crippen LogP contribution in [0.2, 0.25) is 10.0 Å². The number of fused-ring (bicyclic) bond motifs is 1. The third kappa shape index (κ3) is 3.91. The standard InChI is InChI=1S/C21H20Cl2N4O/c22-14-8-9-17(23)16(13-14)21(28)25-11-12-27-19-7-2-1-5-15(19)20(26-27)18-6-3-4-10-24-18/h3-4,6,8-10,13H,1-2,5,7,11-12H2,(H,25,28). The fourth-order valence-electron chi connectivity index (χ4n) is 3.61. The Labute approximate surface area is 173 Å². The van der Waals surface area contributed by atoms with Crippen molar-refractivity contribution in [1.29, 1.82) is 0 Å². The van der Waals surface area contributed by atoms with E-state index in [9.17, 15) is 4.79 Å². The SMILES string of the molecule is O=C(NCCn1nc(-c2ccccn2)c2c1CCCC2)c1cc(Cl)ccc1Cl. The topological polar surface area (TPSA) is 59.8 Å². The molecule has 1 aromatic carbocycles. The number of benzene rings is 1. The van der Waals surface area contributed by atoms with Crippen molar-refractivity contribution in [3.63, 3.8) is 0 Å². The van der Waals surface area contributed by atoms with Gasteiger partial charge in [0.1, 0.15) is 5.69 Å². The van der Waals surface area contributed by atoms with Gasteiger partial charge >= 0.3 is 0 Å². The van der Waals surface area contributed by atoms with Crippen LogP contribution < -0.4 is 5.32 Å². The maximum Gasteiger partial charge on any atom is 0.252 e. The van der Waals surface area contributed by atoms with E-state index in [2.05, 4.69) is 10.3 Å². The number of carbonyl (C=O) groups is 1. The second-order valence-electron chi connectivity index (χ2n) is 6.80. The number of amides is 1. The minimum absolute atomic E-state index is 0.238. The summed E-state index contributed by atoms with van der Waals surface area (Å²) in [6, 6.07) is 10.7. The molecule has 4 rings (SSSR count). The minimum Gasteiger partial charge on any atom is -0.350 e. The summed E-state index contributed by atoms with van der Waals surface area (Å²) < 4.78 is 2.01. The van der Waals surface area contributed by atoms with Crippen LogP contribution in [0.15, 0.2) is 42.6 Å². The van der Waals surface area contributed by atoms with Gasteiger partial charge in [0.25, 0.3) is 5.91 Å². The Balaban J connectivity index is 1.50. The number of hydrogen-bond donors (Lipinski definition) is 1. The summed E-state index contributed by atoms with van der Waals surface area (Å²) in [5, 5.41) is 8.60. The van der Waals surface area contributed by atoms with E-state index in [1.54, 1.807) is 24.4 Å². The van der Waals surface area contributed by atoms with Gasteiger partial charge in [-0.15, -0.1) is 0 Å². The highest BCUT2D eigenvalue weighted by Gasteiger charge is 2.22. The predicted octanol–water partition coefficient (Wildman–Crippen LogP) is 4.56. The summed E-state index contributed by atoms with van der Waals surface area (Å²) in [6.07, 6.45) is 6.14. The Morgan fingerprint density at radius 2 is 2.00 bits per heavy atom. The van der Waals surface area contributed by atoms with Gasteiger partial charge < -0.3 is 5.32 Å². The molecular weight excluding hydrogens is 395 g/mol. The van der Waals surface area contributed by atoms with E-state index in [0.717, 1.165) is 30.7 Å². The van der Waals surface area contributed by atoms with Crippen molar-refractivity contribution in [3.8, 4) is 11.4 Å². The second-order valence-corrected chi connectivity index (χ2v) is 7.64.